The molecular weight excluding hydrogens is 403 g/mol. The van der Waals surface area contributed by atoms with Crippen molar-refractivity contribution in [3.05, 3.63) is 81.3 Å². The average Bonchev–Trinajstić information content (AvgIpc) is 2.66. The van der Waals surface area contributed by atoms with Crippen molar-refractivity contribution in [2.75, 3.05) is 0 Å². The van der Waals surface area contributed by atoms with Crippen molar-refractivity contribution in [2.45, 2.75) is 12.8 Å². The predicted molar refractivity (Wildman–Crippen MR) is 107 cm³/mol. The number of para-hydroxylation sites is 2. The third-order valence-electron chi connectivity index (χ3n) is 4.21. The molecule has 0 saturated carbocycles. The van der Waals surface area contributed by atoms with Crippen LogP contribution in [0.4, 0.5) is 0 Å². The minimum Gasteiger partial charge on any atom is -0.507 e. The summed E-state index contributed by atoms with van der Waals surface area (Å²) in [5.74, 6) is -1.18. The Morgan fingerprint density at radius 3 is 2.21 bits per heavy atom. The van der Waals surface area contributed by atoms with E-state index in [0.29, 0.717) is 22.9 Å². The predicted octanol–water partition coefficient (Wildman–Crippen LogP) is 5.68. The first-order valence-corrected chi connectivity index (χ1v) is 9.11. The zero-order chi connectivity index (χ0) is 20.3. The van der Waals surface area contributed by atoms with Crippen molar-refractivity contribution in [1.82, 2.24) is 0 Å². The van der Waals surface area contributed by atoms with Gasteiger partial charge in [-0.15, -0.1) is 0 Å². The molecule has 0 heterocycles. The molecule has 0 unspecified atom stereocenters. The first-order valence-electron chi connectivity index (χ1n) is 8.35. The molecule has 3 aromatic carbocycles. The number of benzene rings is 3. The van der Waals surface area contributed by atoms with Crippen LogP contribution in [0.1, 0.15) is 21.5 Å². The second-order valence-corrected chi connectivity index (χ2v) is 6.81. The molecule has 0 spiro atoms. The van der Waals surface area contributed by atoms with E-state index in [1.54, 1.807) is 30.3 Å². The summed E-state index contributed by atoms with van der Waals surface area (Å²) in [7, 11) is 0. The topological polar surface area (TPSA) is 87.0 Å². The molecule has 0 saturated heterocycles. The fourth-order valence-electron chi connectivity index (χ4n) is 2.87. The van der Waals surface area contributed by atoms with Gasteiger partial charge >= 0.3 is 5.97 Å². The number of carboxylic acid groups (broad SMARTS) is 1. The van der Waals surface area contributed by atoms with E-state index in [2.05, 4.69) is 0 Å². The maximum atomic E-state index is 11.5. The highest BCUT2D eigenvalue weighted by molar-refractivity contribution is 6.33. The van der Waals surface area contributed by atoms with E-state index in [0.717, 1.165) is 11.6 Å². The Morgan fingerprint density at radius 1 is 0.893 bits per heavy atom. The Kier molecular flexibility index (Phi) is 5.97. The lowest BCUT2D eigenvalue weighted by Gasteiger charge is -2.14. The van der Waals surface area contributed by atoms with E-state index in [4.69, 9.17) is 27.9 Å². The molecule has 0 aliphatic heterocycles. The van der Waals surface area contributed by atoms with Gasteiger partial charge < -0.3 is 20.1 Å². The first-order chi connectivity index (χ1) is 13.4. The summed E-state index contributed by atoms with van der Waals surface area (Å²) in [6.07, 6.45) is 0.537. The van der Waals surface area contributed by atoms with Gasteiger partial charge in [0.1, 0.15) is 28.6 Å². The quantitative estimate of drug-likeness (QED) is 0.479. The molecule has 0 aliphatic carbocycles. The van der Waals surface area contributed by atoms with E-state index in [-0.39, 0.29) is 28.3 Å². The van der Waals surface area contributed by atoms with Gasteiger partial charge in [0, 0.05) is 6.07 Å². The molecule has 0 bridgehead atoms. The van der Waals surface area contributed by atoms with Crippen LogP contribution < -0.4 is 4.74 Å². The number of carbonyl (C=O) groups is 1. The lowest BCUT2D eigenvalue weighted by atomic mass is 9.98. The molecule has 3 aromatic rings. The van der Waals surface area contributed by atoms with Crippen molar-refractivity contribution in [3.63, 3.8) is 0 Å². The number of ether oxygens (including phenoxy) is 1. The van der Waals surface area contributed by atoms with Crippen LogP contribution in [0, 0.1) is 0 Å². The summed E-state index contributed by atoms with van der Waals surface area (Å²) >= 11 is 12.2. The van der Waals surface area contributed by atoms with Crippen LogP contribution in [0.3, 0.4) is 0 Å². The number of aryl methyl sites for hydroxylation is 1. The van der Waals surface area contributed by atoms with Gasteiger partial charge in [0.15, 0.2) is 0 Å². The van der Waals surface area contributed by atoms with Gasteiger partial charge in [-0.1, -0.05) is 53.5 Å². The third-order valence-corrected chi connectivity index (χ3v) is 4.94. The average molecular weight is 419 g/mol. The highest BCUT2D eigenvalue weighted by Crippen LogP contribution is 2.38. The Bertz CT molecular complexity index is 1030. The molecule has 3 rings (SSSR count). The minimum atomic E-state index is -1.32. The highest BCUT2D eigenvalue weighted by Gasteiger charge is 2.22. The molecule has 0 amide bonds. The van der Waals surface area contributed by atoms with E-state index in [1.807, 2.05) is 18.2 Å². The zero-order valence-electron chi connectivity index (χ0n) is 14.5. The molecule has 0 aliphatic rings. The maximum Gasteiger partial charge on any atom is 0.339 e. The first kappa shape index (κ1) is 19.9. The van der Waals surface area contributed by atoms with Crippen LogP contribution >= 0.6 is 23.2 Å². The molecule has 0 aromatic heterocycles. The van der Waals surface area contributed by atoms with Crippen LogP contribution in [0.2, 0.25) is 10.0 Å². The van der Waals surface area contributed by atoms with Crippen LogP contribution in [0.15, 0.2) is 54.6 Å². The van der Waals surface area contributed by atoms with E-state index < -0.39 is 11.7 Å². The number of hydrogen-bond acceptors (Lipinski definition) is 4. The number of hydrogen-bond donors (Lipinski definition) is 3. The van der Waals surface area contributed by atoms with Gasteiger partial charge in [-0.3, -0.25) is 0 Å². The largest absolute Gasteiger partial charge is 0.507 e. The summed E-state index contributed by atoms with van der Waals surface area (Å²) in [5, 5.41) is 29.5. The molecular formula is C21H16Cl2O5. The monoisotopic (exact) mass is 418 g/mol. The Labute approximate surface area is 171 Å². The summed E-state index contributed by atoms with van der Waals surface area (Å²) < 4.78 is 5.90. The zero-order valence-corrected chi connectivity index (χ0v) is 16.0. The minimum absolute atomic E-state index is 0.0975. The molecule has 7 heteroatoms. The number of carboxylic acids is 1. The van der Waals surface area contributed by atoms with Crippen molar-refractivity contribution < 1.29 is 24.9 Å². The van der Waals surface area contributed by atoms with Crippen LogP contribution in [0.5, 0.6) is 23.0 Å². The number of aromatic carboxylic acids is 1. The van der Waals surface area contributed by atoms with Crippen molar-refractivity contribution in [3.8, 4) is 23.0 Å². The second-order valence-electron chi connectivity index (χ2n) is 6.03. The maximum absolute atomic E-state index is 11.5. The summed E-state index contributed by atoms with van der Waals surface area (Å²) in [5.41, 5.74) is 0.615. The highest BCUT2D eigenvalue weighted by atomic mass is 35.5. The molecule has 28 heavy (non-hydrogen) atoms. The summed E-state index contributed by atoms with van der Waals surface area (Å²) in [6.45, 7) is 0. The molecule has 0 radical (unpaired) electrons. The van der Waals surface area contributed by atoms with Crippen LogP contribution in [-0.4, -0.2) is 21.3 Å². The van der Waals surface area contributed by atoms with E-state index in [1.165, 1.54) is 0 Å². The number of rotatable bonds is 6. The van der Waals surface area contributed by atoms with Crippen molar-refractivity contribution >= 4 is 29.2 Å². The molecule has 144 valence electrons. The molecule has 0 fully saturated rings. The smallest absolute Gasteiger partial charge is 0.339 e. The van der Waals surface area contributed by atoms with Crippen molar-refractivity contribution in [2.24, 2.45) is 0 Å². The SMILES string of the molecule is O=C(O)c1c(O)cc(O)c(Cl)c1CCc1ccccc1Oc1ccccc1Cl. The Morgan fingerprint density at radius 2 is 1.54 bits per heavy atom. The Hall–Kier alpha value is -2.89. The lowest BCUT2D eigenvalue weighted by Crippen LogP contribution is -2.06. The van der Waals surface area contributed by atoms with Gasteiger partial charge in [-0.25, -0.2) is 4.79 Å². The van der Waals surface area contributed by atoms with Crippen molar-refractivity contribution in [1.29, 1.82) is 0 Å². The lowest BCUT2D eigenvalue weighted by molar-refractivity contribution is 0.0692. The number of phenolic OH excluding ortho intramolecular Hbond substituents is 1. The number of halogens is 2. The normalized spacial score (nSPS) is 10.6. The molecule has 0 atom stereocenters. The summed E-state index contributed by atoms with van der Waals surface area (Å²) in [4.78, 5) is 11.5. The second kappa shape index (κ2) is 8.42. The van der Waals surface area contributed by atoms with E-state index in [9.17, 15) is 20.1 Å². The fourth-order valence-corrected chi connectivity index (χ4v) is 3.29. The van der Waals surface area contributed by atoms with Crippen LogP contribution in [-0.2, 0) is 12.8 Å². The van der Waals surface area contributed by atoms with Gasteiger partial charge in [-0.2, -0.15) is 0 Å². The molecule has 3 N–H and O–H groups in total. The van der Waals surface area contributed by atoms with Crippen LogP contribution in [0.25, 0.3) is 0 Å². The standard InChI is InChI=1S/C21H16Cl2O5/c22-14-6-2-4-8-18(14)28-17-7-3-1-5-12(17)9-10-13-19(21(26)27)15(24)11-16(25)20(13)23/h1-8,11,24-25H,9-10H2,(H,26,27). The van der Waals surface area contributed by atoms with Gasteiger partial charge in [0.2, 0.25) is 0 Å². The Balaban J connectivity index is 1.91. The van der Waals surface area contributed by atoms with Gasteiger partial charge in [-0.05, 0) is 42.2 Å². The van der Waals surface area contributed by atoms with E-state index >= 15 is 0 Å². The third kappa shape index (κ3) is 4.16. The number of phenols is 2. The molecule has 5 nitrogen and oxygen atoms in total. The number of aromatic hydroxyl groups is 2. The summed E-state index contributed by atoms with van der Waals surface area (Å²) in [6, 6.07) is 15.2. The fraction of sp³-hybridized carbons (Fsp3) is 0.0952. The van der Waals surface area contributed by atoms with Gasteiger partial charge in [0.05, 0.1) is 10.0 Å². The van der Waals surface area contributed by atoms with Gasteiger partial charge in [0.25, 0.3) is 0 Å².